The van der Waals surface area contributed by atoms with E-state index in [1.54, 1.807) is 13.3 Å². The van der Waals surface area contributed by atoms with Gasteiger partial charge in [-0.3, -0.25) is 0 Å². The van der Waals surface area contributed by atoms with Gasteiger partial charge in [0.15, 0.2) is 11.4 Å². The summed E-state index contributed by atoms with van der Waals surface area (Å²) in [5.41, 5.74) is 6.38. The standard InChI is InChI=1S/C28H36N4O2/c1-18(2)25-22-14-20(19-8-11-31(12-9-19)17-28(3,4)33)6-7-23(22)30-26(25)21-15-24(34-5)27-29-10-13-32(27)16-21/h6-7,10,13-16,18-19,30,33H,8-9,11-12,17H2,1-5H3. The van der Waals surface area contributed by atoms with E-state index >= 15 is 0 Å². The first-order valence-corrected chi connectivity index (χ1v) is 12.3. The van der Waals surface area contributed by atoms with Gasteiger partial charge in [-0.1, -0.05) is 19.9 Å². The molecule has 0 unspecified atom stereocenters. The van der Waals surface area contributed by atoms with Crippen molar-refractivity contribution in [3.05, 3.63) is 54.0 Å². The molecule has 1 aliphatic rings. The molecule has 0 saturated carbocycles. The van der Waals surface area contributed by atoms with Gasteiger partial charge in [0.2, 0.25) is 0 Å². The number of H-pyrrole nitrogens is 1. The van der Waals surface area contributed by atoms with Gasteiger partial charge in [-0.15, -0.1) is 0 Å². The van der Waals surface area contributed by atoms with Crippen molar-refractivity contribution < 1.29 is 9.84 Å². The molecule has 1 fully saturated rings. The SMILES string of the molecule is COc1cc(-c2[nH]c3ccc(C4CCN(CC(C)(C)O)CC4)cc3c2C(C)C)cn2ccnc12. The Balaban J connectivity index is 1.50. The van der Waals surface area contributed by atoms with Crippen molar-refractivity contribution in [1.29, 1.82) is 0 Å². The summed E-state index contributed by atoms with van der Waals surface area (Å²) in [6.07, 6.45) is 8.15. The number of hydrogen-bond donors (Lipinski definition) is 2. The molecule has 1 saturated heterocycles. The second-order valence-electron chi connectivity index (χ2n) is 10.7. The maximum Gasteiger partial charge on any atom is 0.179 e. The number of aromatic amines is 1. The predicted octanol–water partition coefficient (Wildman–Crippen LogP) is 5.56. The zero-order valence-corrected chi connectivity index (χ0v) is 20.9. The summed E-state index contributed by atoms with van der Waals surface area (Å²) in [6, 6.07) is 9.03. The van der Waals surface area contributed by atoms with Crippen molar-refractivity contribution in [3.63, 3.8) is 0 Å². The molecule has 6 nitrogen and oxygen atoms in total. The third-order valence-corrected chi connectivity index (χ3v) is 7.07. The van der Waals surface area contributed by atoms with E-state index in [2.05, 4.69) is 59.2 Å². The molecule has 2 N–H and O–H groups in total. The van der Waals surface area contributed by atoms with Crippen molar-refractivity contribution in [2.24, 2.45) is 0 Å². The molecule has 180 valence electrons. The number of imidazole rings is 1. The minimum Gasteiger partial charge on any atom is -0.493 e. The highest BCUT2D eigenvalue weighted by Gasteiger charge is 2.26. The molecule has 4 aromatic rings. The zero-order chi connectivity index (χ0) is 24.0. The van der Waals surface area contributed by atoms with Crippen molar-refractivity contribution in [2.45, 2.75) is 58.0 Å². The van der Waals surface area contributed by atoms with Gasteiger partial charge < -0.3 is 24.1 Å². The molecule has 0 radical (unpaired) electrons. The molecule has 0 bridgehead atoms. The van der Waals surface area contributed by atoms with Crippen molar-refractivity contribution in [1.82, 2.24) is 19.3 Å². The lowest BCUT2D eigenvalue weighted by molar-refractivity contribution is 0.0282. The molecule has 0 amide bonds. The molecular formula is C28H36N4O2. The molecule has 1 aliphatic heterocycles. The monoisotopic (exact) mass is 460 g/mol. The summed E-state index contributed by atoms with van der Waals surface area (Å²) >= 11 is 0. The second-order valence-corrected chi connectivity index (χ2v) is 10.7. The van der Waals surface area contributed by atoms with E-state index in [4.69, 9.17) is 4.74 Å². The van der Waals surface area contributed by atoms with Crippen LogP contribution >= 0.6 is 0 Å². The molecule has 6 heteroatoms. The maximum atomic E-state index is 10.2. The number of rotatable bonds is 6. The fraction of sp³-hybridized carbons (Fsp3) is 0.464. The van der Waals surface area contributed by atoms with Gasteiger partial charge in [0.25, 0.3) is 0 Å². The molecule has 1 aromatic carbocycles. The van der Waals surface area contributed by atoms with Crippen LogP contribution in [0.2, 0.25) is 0 Å². The normalized spacial score (nSPS) is 16.2. The van der Waals surface area contributed by atoms with Crippen LogP contribution in [-0.2, 0) is 0 Å². The lowest BCUT2D eigenvalue weighted by Gasteiger charge is -2.35. The average molecular weight is 461 g/mol. The van der Waals surface area contributed by atoms with E-state index in [0.717, 1.165) is 55.1 Å². The van der Waals surface area contributed by atoms with Gasteiger partial charge in [-0.25, -0.2) is 4.98 Å². The van der Waals surface area contributed by atoms with Gasteiger partial charge in [0, 0.05) is 41.6 Å². The van der Waals surface area contributed by atoms with Crippen LogP contribution in [0.25, 0.3) is 27.8 Å². The van der Waals surface area contributed by atoms with Gasteiger partial charge in [-0.05, 0) is 80.9 Å². The topological polar surface area (TPSA) is 65.8 Å². The Morgan fingerprint density at radius 3 is 2.65 bits per heavy atom. The van der Waals surface area contributed by atoms with E-state index in [1.807, 2.05) is 24.4 Å². The molecule has 34 heavy (non-hydrogen) atoms. The molecular weight excluding hydrogens is 424 g/mol. The van der Waals surface area contributed by atoms with Crippen LogP contribution in [0.1, 0.15) is 63.5 Å². The third-order valence-electron chi connectivity index (χ3n) is 7.07. The van der Waals surface area contributed by atoms with E-state index in [9.17, 15) is 5.11 Å². The number of piperidine rings is 1. The van der Waals surface area contributed by atoms with Crippen LogP contribution in [0.5, 0.6) is 5.75 Å². The van der Waals surface area contributed by atoms with E-state index in [-0.39, 0.29) is 0 Å². The number of likely N-dealkylation sites (tertiary alicyclic amines) is 1. The van der Waals surface area contributed by atoms with Gasteiger partial charge in [0.1, 0.15) is 0 Å². The number of benzene rings is 1. The van der Waals surface area contributed by atoms with Crippen LogP contribution in [0.4, 0.5) is 0 Å². The summed E-state index contributed by atoms with van der Waals surface area (Å²) in [7, 11) is 1.70. The number of methoxy groups -OCH3 is 1. The Morgan fingerprint density at radius 1 is 1.21 bits per heavy atom. The fourth-order valence-corrected chi connectivity index (χ4v) is 5.57. The highest BCUT2D eigenvalue weighted by molar-refractivity contribution is 5.92. The number of pyridine rings is 1. The van der Waals surface area contributed by atoms with E-state index in [1.165, 1.54) is 22.0 Å². The van der Waals surface area contributed by atoms with Crippen LogP contribution in [-0.4, -0.2) is 56.7 Å². The summed E-state index contributed by atoms with van der Waals surface area (Å²) in [5.74, 6) is 1.70. The fourth-order valence-electron chi connectivity index (χ4n) is 5.57. The van der Waals surface area contributed by atoms with Gasteiger partial charge >= 0.3 is 0 Å². The second kappa shape index (κ2) is 8.75. The van der Waals surface area contributed by atoms with Gasteiger partial charge in [-0.2, -0.15) is 0 Å². The number of β-amino-alcohol motifs (C(OH)–C–C–N with tert-alkyl or cyclic N) is 1. The first-order valence-electron chi connectivity index (χ1n) is 12.3. The number of nitrogens with zero attached hydrogens (tertiary/aromatic N) is 3. The van der Waals surface area contributed by atoms with Crippen LogP contribution in [0.15, 0.2) is 42.9 Å². The van der Waals surface area contributed by atoms with Crippen LogP contribution in [0.3, 0.4) is 0 Å². The Hall–Kier alpha value is -2.83. The van der Waals surface area contributed by atoms with Crippen molar-refractivity contribution in [2.75, 3.05) is 26.7 Å². The molecule has 0 atom stereocenters. The summed E-state index contributed by atoms with van der Waals surface area (Å²) in [4.78, 5) is 10.5. The predicted molar refractivity (Wildman–Crippen MR) is 138 cm³/mol. The van der Waals surface area contributed by atoms with Gasteiger partial charge in [0.05, 0.1) is 18.4 Å². The highest BCUT2D eigenvalue weighted by atomic mass is 16.5. The van der Waals surface area contributed by atoms with Crippen LogP contribution < -0.4 is 4.74 Å². The number of ether oxygens (including phenoxy) is 1. The smallest absolute Gasteiger partial charge is 0.179 e. The Bertz CT molecular complexity index is 1300. The number of nitrogens with one attached hydrogen (secondary N) is 1. The molecule has 3 aromatic heterocycles. The molecule has 5 rings (SSSR count). The molecule has 0 spiro atoms. The molecule has 4 heterocycles. The maximum absolute atomic E-state index is 10.2. The Labute approximate surface area is 201 Å². The molecule has 0 aliphatic carbocycles. The Kier molecular flexibility index (Phi) is 5.90. The summed E-state index contributed by atoms with van der Waals surface area (Å²) < 4.78 is 7.67. The quantitative estimate of drug-likeness (QED) is 0.395. The van der Waals surface area contributed by atoms with E-state index < -0.39 is 5.60 Å². The van der Waals surface area contributed by atoms with Crippen molar-refractivity contribution in [3.8, 4) is 17.0 Å². The summed E-state index contributed by atoms with van der Waals surface area (Å²) in [5, 5.41) is 11.5. The summed E-state index contributed by atoms with van der Waals surface area (Å²) in [6.45, 7) is 11.1. The van der Waals surface area contributed by atoms with Crippen LogP contribution in [0, 0.1) is 0 Å². The first-order chi connectivity index (χ1) is 16.2. The lowest BCUT2D eigenvalue weighted by Crippen LogP contribution is -2.42. The number of aliphatic hydroxyl groups is 1. The Morgan fingerprint density at radius 2 is 1.97 bits per heavy atom. The lowest BCUT2D eigenvalue weighted by atomic mass is 9.87. The first kappa shape index (κ1) is 22.9. The third kappa shape index (κ3) is 4.32. The number of aromatic nitrogens is 3. The number of fused-ring (bicyclic) bond motifs is 2. The average Bonchev–Trinajstić information content (AvgIpc) is 3.42. The minimum absolute atomic E-state index is 0.372. The highest BCUT2D eigenvalue weighted by Crippen LogP contribution is 2.39. The number of hydrogen-bond acceptors (Lipinski definition) is 4. The van der Waals surface area contributed by atoms with E-state index in [0.29, 0.717) is 11.8 Å². The van der Waals surface area contributed by atoms with Crippen molar-refractivity contribution >= 4 is 16.6 Å². The minimum atomic E-state index is -0.637. The largest absolute Gasteiger partial charge is 0.493 e. The zero-order valence-electron chi connectivity index (χ0n) is 20.9.